The minimum absolute atomic E-state index is 0.00748. The molecule has 1 heterocycles. The molecule has 0 fully saturated rings. The summed E-state index contributed by atoms with van der Waals surface area (Å²) in [5.74, 6) is -1.63. The number of alkyl halides is 3. The van der Waals surface area contributed by atoms with Crippen LogP contribution in [0.2, 0.25) is 0 Å². The Bertz CT molecular complexity index is 1240. The van der Waals surface area contributed by atoms with Crippen LogP contribution in [-0.2, 0) is 16.0 Å². The van der Waals surface area contributed by atoms with Crippen molar-refractivity contribution in [2.45, 2.75) is 36.6 Å². The number of rotatable bonds is 7. The van der Waals surface area contributed by atoms with Gasteiger partial charge < -0.3 is 10.1 Å². The fraction of sp³-hybridized carbons (Fsp3) is 0.261. The number of pyridine rings is 1. The van der Waals surface area contributed by atoms with E-state index in [1.165, 1.54) is 12.3 Å². The van der Waals surface area contributed by atoms with Gasteiger partial charge in [-0.05, 0) is 62.7 Å². The lowest BCUT2D eigenvalue weighted by Crippen LogP contribution is -2.39. The van der Waals surface area contributed by atoms with Crippen LogP contribution >= 0.6 is 0 Å². The summed E-state index contributed by atoms with van der Waals surface area (Å²) in [5.41, 5.74) is -0.108. The minimum atomic E-state index is -4.85. The van der Waals surface area contributed by atoms with Crippen LogP contribution in [0.1, 0.15) is 25.0 Å². The molecule has 0 saturated heterocycles. The van der Waals surface area contributed by atoms with Crippen LogP contribution in [0.3, 0.4) is 0 Å². The molecule has 10 heteroatoms. The van der Waals surface area contributed by atoms with Gasteiger partial charge in [0.15, 0.2) is 9.84 Å². The summed E-state index contributed by atoms with van der Waals surface area (Å²) in [7, 11) is -3.63. The fourth-order valence-corrected chi connectivity index (χ4v) is 4.46. The van der Waals surface area contributed by atoms with Crippen molar-refractivity contribution < 1.29 is 30.7 Å². The molecule has 0 radical (unpaired) electrons. The molecule has 0 amide bonds. The lowest BCUT2D eigenvalue weighted by molar-refractivity contribution is -0.140. The molecule has 0 unspecified atom stereocenters. The van der Waals surface area contributed by atoms with E-state index in [1.807, 2.05) is 13.0 Å². The highest BCUT2D eigenvalue weighted by Gasteiger charge is 2.36. The molecule has 1 aromatic heterocycles. The number of benzene rings is 2. The fourth-order valence-electron chi connectivity index (χ4n) is 2.96. The maximum atomic E-state index is 13.4. The number of nitrogens with zero attached hydrogens (tertiary/aromatic N) is 1. The van der Waals surface area contributed by atoms with Crippen molar-refractivity contribution in [2.24, 2.45) is 0 Å². The highest BCUT2D eigenvalue weighted by Crippen LogP contribution is 2.34. The SMILES string of the molecule is Cc1cccc(S(=O)(=O)C(C)(C)CNc2ccc(Oc3ccc(F)c(C(F)(F)F)c3)nc2)c1. The van der Waals surface area contributed by atoms with Gasteiger partial charge in [-0.1, -0.05) is 12.1 Å². The Hall–Kier alpha value is -3.14. The van der Waals surface area contributed by atoms with Gasteiger partial charge in [-0.25, -0.2) is 17.8 Å². The topological polar surface area (TPSA) is 68.3 Å². The molecule has 2 aromatic carbocycles. The molecule has 1 N–H and O–H groups in total. The maximum Gasteiger partial charge on any atom is 0.419 e. The molecule has 0 bridgehead atoms. The van der Waals surface area contributed by atoms with Crippen LogP contribution in [0.5, 0.6) is 11.6 Å². The van der Waals surface area contributed by atoms with E-state index in [-0.39, 0.29) is 23.1 Å². The van der Waals surface area contributed by atoms with Gasteiger partial charge in [0.25, 0.3) is 0 Å². The molecule has 0 aliphatic heterocycles. The van der Waals surface area contributed by atoms with Crippen LogP contribution in [-0.4, -0.2) is 24.7 Å². The second-order valence-corrected chi connectivity index (χ2v) is 10.6. The first-order chi connectivity index (χ1) is 15.3. The van der Waals surface area contributed by atoms with Gasteiger partial charge in [0, 0.05) is 12.6 Å². The van der Waals surface area contributed by atoms with E-state index in [2.05, 4.69) is 10.3 Å². The van der Waals surface area contributed by atoms with E-state index in [0.717, 1.165) is 11.6 Å². The summed E-state index contributed by atoms with van der Waals surface area (Å²) in [6.07, 6.45) is -3.49. The first-order valence-electron chi connectivity index (χ1n) is 9.85. The van der Waals surface area contributed by atoms with Crippen molar-refractivity contribution in [3.63, 3.8) is 0 Å². The van der Waals surface area contributed by atoms with Gasteiger partial charge in [-0.15, -0.1) is 0 Å². The first-order valence-corrected chi connectivity index (χ1v) is 11.3. The molecule has 3 rings (SSSR count). The monoisotopic (exact) mass is 482 g/mol. The third-order valence-corrected chi connectivity index (χ3v) is 7.42. The van der Waals surface area contributed by atoms with E-state index in [1.54, 1.807) is 38.1 Å². The molecular formula is C23H22F4N2O3S. The van der Waals surface area contributed by atoms with Crippen molar-refractivity contribution in [3.05, 3.63) is 77.7 Å². The molecule has 0 spiro atoms. The molecule has 0 aliphatic carbocycles. The molecule has 0 aliphatic rings. The Balaban J connectivity index is 1.69. The van der Waals surface area contributed by atoms with E-state index in [9.17, 15) is 26.0 Å². The largest absolute Gasteiger partial charge is 0.439 e. The summed E-state index contributed by atoms with van der Waals surface area (Å²) in [6, 6.07) is 11.9. The number of sulfone groups is 1. The second kappa shape index (κ2) is 9.01. The molecule has 176 valence electrons. The van der Waals surface area contributed by atoms with Crippen LogP contribution in [0.15, 0.2) is 65.7 Å². The number of aromatic nitrogens is 1. The predicted molar refractivity (Wildman–Crippen MR) is 117 cm³/mol. The van der Waals surface area contributed by atoms with Gasteiger partial charge in [0.2, 0.25) is 5.88 Å². The number of hydrogen-bond donors (Lipinski definition) is 1. The van der Waals surface area contributed by atoms with Crippen LogP contribution in [0.4, 0.5) is 23.2 Å². The molecule has 3 aromatic rings. The number of halogens is 4. The van der Waals surface area contributed by atoms with E-state index < -0.39 is 32.1 Å². The maximum absolute atomic E-state index is 13.4. The highest BCUT2D eigenvalue weighted by molar-refractivity contribution is 7.92. The Kier molecular flexibility index (Phi) is 6.69. The molecule has 0 saturated carbocycles. The smallest absolute Gasteiger partial charge is 0.419 e. The summed E-state index contributed by atoms with van der Waals surface area (Å²) in [5, 5.41) is 3.01. The lowest BCUT2D eigenvalue weighted by atomic mass is 10.2. The Morgan fingerprint density at radius 3 is 2.36 bits per heavy atom. The van der Waals surface area contributed by atoms with Crippen molar-refractivity contribution in [2.75, 3.05) is 11.9 Å². The third-order valence-electron chi connectivity index (χ3n) is 4.95. The van der Waals surface area contributed by atoms with Crippen molar-refractivity contribution >= 4 is 15.5 Å². The van der Waals surface area contributed by atoms with Crippen molar-refractivity contribution in [1.29, 1.82) is 0 Å². The van der Waals surface area contributed by atoms with Gasteiger partial charge in [-0.3, -0.25) is 0 Å². The standard InChI is InChI=1S/C23H22F4N2O3S/c1-15-5-4-6-18(11-15)33(30,31)22(2,3)14-29-16-7-10-21(28-13-16)32-17-8-9-20(24)19(12-17)23(25,26)27/h4-13,29H,14H2,1-3H3. The third kappa shape index (κ3) is 5.62. The zero-order valence-corrected chi connectivity index (χ0v) is 18.9. The second-order valence-electron chi connectivity index (χ2n) is 8.06. The number of hydrogen-bond acceptors (Lipinski definition) is 5. The molecular weight excluding hydrogens is 460 g/mol. The lowest BCUT2D eigenvalue weighted by Gasteiger charge is -2.26. The number of ether oxygens (including phenoxy) is 1. The van der Waals surface area contributed by atoms with Crippen LogP contribution in [0, 0.1) is 12.7 Å². The predicted octanol–water partition coefficient (Wildman–Crippen LogP) is 6.00. The number of nitrogens with one attached hydrogen (secondary N) is 1. The highest BCUT2D eigenvalue weighted by atomic mass is 32.2. The Morgan fingerprint density at radius 1 is 1.03 bits per heavy atom. The quantitative estimate of drug-likeness (QED) is 0.418. The molecule has 0 atom stereocenters. The molecule has 5 nitrogen and oxygen atoms in total. The Labute approximate surface area is 189 Å². The van der Waals surface area contributed by atoms with Crippen molar-refractivity contribution in [1.82, 2.24) is 4.98 Å². The summed E-state index contributed by atoms with van der Waals surface area (Å²) < 4.78 is 82.2. The summed E-state index contributed by atoms with van der Waals surface area (Å²) >= 11 is 0. The van der Waals surface area contributed by atoms with Crippen LogP contribution in [0.25, 0.3) is 0 Å². The Morgan fingerprint density at radius 2 is 1.76 bits per heavy atom. The van der Waals surface area contributed by atoms with E-state index in [4.69, 9.17) is 4.74 Å². The number of anilines is 1. The average Bonchev–Trinajstić information content (AvgIpc) is 2.74. The zero-order valence-electron chi connectivity index (χ0n) is 18.1. The van der Waals surface area contributed by atoms with E-state index >= 15 is 0 Å². The van der Waals surface area contributed by atoms with Gasteiger partial charge in [0.05, 0.1) is 27.1 Å². The normalized spacial score (nSPS) is 12.5. The number of aryl methyl sites for hydroxylation is 1. The van der Waals surface area contributed by atoms with Gasteiger partial charge in [-0.2, -0.15) is 13.2 Å². The summed E-state index contributed by atoms with van der Waals surface area (Å²) in [6.45, 7) is 5.11. The van der Waals surface area contributed by atoms with Crippen LogP contribution < -0.4 is 10.1 Å². The van der Waals surface area contributed by atoms with Crippen molar-refractivity contribution in [3.8, 4) is 11.6 Å². The molecule has 33 heavy (non-hydrogen) atoms. The average molecular weight is 482 g/mol. The minimum Gasteiger partial charge on any atom is -0.439 e. The summed E-state index contributed by atoms with van der Waals surface area (Å²) in [4.78, 5) is 4.24. The van der Waals surface area contributed by atoms with Gasteiger partial charge in [0.1, 0.15) is 11.6 Å². The zero-order chi connectivity index (χ0) is 24.4. The first kappa shape index (κ1) is 24.5. The van der Waals surface area contributed by atoms with Gasteiger partial charge >= 0.3 is 6.18 Å². The van der Waals surface area contributed by atoms with E-state index in [0.29, 0.717) is 17.8 Å².